The molecule has 1 aromatic carbocycles. The van der Waals surface area contributed by atoms with Crippen LogP contribution in [0.25, 0.3) is 5.65 Å². The zero-order valence-corrected chi connectivity index (χ0v) is 12.9. The molecule has 1 saturated heterocycles. The van der Waals surface area contributed by atoms with E-state index in [1.807, 2.05) is 16.8 Å². The summed E-state index contributed by atoms with van der Waals surface area (Å²) in [4.78, 5) is 18.6. The molecule has 4 rings (SSSR count). The fourth-order valence-electron chi connectivity index (χ4n) is 2.97. The van der Waals surface area contributed by atoms with E-state index in [-0.39, 0.29) is 17.8 Å². The lowest BCUT2D eigenvalue weighted by Crippen LogP contribution is -2.31. The molecule has 3 heterocycles. The molecule has 1 fully saturated rings. The van der Waals surface area contributed by atoms with Crippen LogP contribution in [0, 0.1) is 5.82 Å². The summed E-state index contributed by atoms with van der Waals surface area (Å²) in [5, 5.41) is 0. The number of carbonyl (C=O) groups is 1. The second-order valence-electron chi connectivity index (χ2n) is 5.85. The van der Waals surface area contributed by atoms with Crippen LogP contribution < -0.4 is 4.74 Å². The van der Waals surface area contributed by atoms with E-state index in [1.54, 1.807) is 35.4 Å². The van der Waals surface area contributed by atoms with Gasteiger partial charge in [-0.1, -0.05) is 6.07 Å². The Balaban J connectivity index is 1.44. The van der Waals surface area contributed by atoms with Gasteiger partial charge in [0.15, 0.2) is 0 Å². The second kappa shape index (κ2) is 5.96. The van der Waals surface area contributed by atoms with Crippen LogP contribution in [0.4, 0.5) is 4.39 Å². The molecule has 0 saturated carbocycles. The molecular formula is C18H16FN3O2. The van der Waals surface area contributed by atoms with E-state index in [2.05, 4.69) is 4.98 Å². The normalized spacial score (nSPS) is 17.4. The zero-order chi connectivity index (χ0) is 16.5. The van der Waals surface area contributed by atoms with Crippen LogP contribution in [0.1, 0.15) is 16.8 Å². The van der Waals surface area contributed by atoms with E-state index in [0.29, 0.717) is 24.4 Å². The number of hydrogen-bond acceptors (Lipinski definition) is 3. The van der Waals surface area contributed by atoms with E-state index < -0.39 is 0 Å². The summed E-state index contributed by atoms with van der Waals surface area (Å²) in [6, 6.07) is 9.64. The largest absolute Gasteiger partial charge is 0.488 e. The van der Waals surface area contributed by atoms with Crippen molar-refractivity contribution in [3.63, 3.8) is 0 Å². The van der Waals surface area contributed by atoms with Gasteiger partial charge < -0.3 is 14.0 Å². The number of benzene rings is 1. The molecule has 1 aliphatic heterocycles. The third kappa shape index (κ3) is 2.82. The molecule has 0 spiro atoms. The van der Waals surface area contributed by atoms with Crippen LogP contribution in [0.5, 0.6) is 5.75 Å². The van der Waals surface area contributed by atoms with Gasteiger partial charge in [0, 0.05) is 43.2 Å². The van der Waals surface area contributed by atoms with Crippen molar-refractivity contribution >= 4 is 11.6 Å². The number of hydrogen-bond donors (Lipinski definition) is 0. The second-order valence-corrected chi connectivity index (χ2v) is 5.85. The van der Waals surface area contributed by atoms with E-state index in [1.165, 1.54) is 12.1 Å². The number of amides is 1. The zero-order valence-electron chi connectivity index (χ0n) is 12.9. The lowest BCUT2D eigenvalue weighted by molar-refractivity contribution is 0.0772. The molecule has 1 aliphatic rings. The molecule has 0 aliphatic carbocycles. The average Bonchev–Trinajstić information content (AvgIpc) is 3.22. The fourth-order valence-corrected chi connectivity index (χ4v) is 2.97. The lowest BCUT2D eigenvalue weighted by Gasteiger charge is -2.17. The van der Waals surface area contributed by atoms with Gasteiger partial charge in [-0.2, -0.15) is 0 Å². The van der Waals surface area contributed by atoms with E-state index in [0.717, 1.165) is 12.1 Å². The molecular weight excluding hydrogens is 309 g/mol. The summed E-state index contributed by atoms with van der Waals surface area (Å²) in [5.41, 5.74) is 1.35. The highest BCUT2D eigenvalue weighted by Crippen LogP contribution is 2.21. The first-order valence-electron chi connectivity index (χ1n) is 7.83. The summed E-state index contributed by atoms with van der Waals surface area (Å²) in [6.45, 7) is 1.12. The maximum Gasteiger partial charge on any atom is 0.254 e. The molecule has 24 heavy (non-hydrogen) atoms. The Morgan fingerprint density at radius 2 is 2.17 bits per heavy atom. The number of likely N-dealkylation sites (tertiary alicyclic amines) is 1. The summed E-state index contributed by atoms with van der Waals surface area (Å²) < 4.78 is 20.9. The number of rotatable bonds is 3. The summed E-state index contributed by atoms with van der Waals surface area (Å²) in [5.74, 6) is 0.130. The Morgan fingerprint density at radius 3 is 3.04 bits per heavy atom. The molecule has 122 valence electrons. The minimum absolute atomic E-state index is 0.0363. The summed E-state index contributed by atoms with van der Waals surface area (Å²) >= 11 is 0. The van der Waals surface area contributed by atoms with Crippen LogP contribution in [0.15, 0.2) is 55.0 Å². The molecule has 3 aromatic rings. The van der Waals surface area contributed by atoms with Crippen molar-refractivity contribution in [3.05, 3.63) is 66.4 Å². The van der Waals surface area contributed by atoms with Gasteiger partial charge in [0.1, 0.15) is 23.3 Å². The van der Waals surface area contributed by atoms with Crippen LogP contribution >= 0.6 is 0 Å². The Hall–Kier alpha value is -2.89. The minimum Gasteiger partial charge on any atom is -0.488 e. The highest BCUT2D eigenvalue weighted by molar-refractivity contribution is 5.95. The summed E-state index contributed by atoms with van der Waals surface area (Å²) in [7, 11) is 0. The van der Waals surface area contributed by atoms with Crippen molar-refractivity contribution in [2.45, 2.75) is 12.5 Å². The van der Waals surface area contributed by atoms with Crippen LogP contribution in [-0.2, 0) is 0 Å². The first-order valence-corrected chi connectivity index (χ1v) is 7.83. The first kappa shape index (κ1) is 14.7. The fraction of sp³-hybridized carbons (Fsp3) is 0.222. The number of carbonyl (C=O) groups excluding carboxylic acids is 1. The number of imidazole rings is 1. The molecule has 1 atom stereocenters. The van der Waals surface area contributed by atoms with Gasteiger partial charge in [0.2, 0.25) is 0 Å². The SMILES string of the molecule is O=C(c1ccn2ccnc2c1)N1CCC(Oc2cccc(F)c2)C1. The quantitative estimate of drug-likeness (QED) is 0.744. The van der Waals surface area contributed by atoms with Crippen molar-refractivity contribution in [1.29, 1.82) is 0 Å². The average molecular weight is 325 g/mol. The Bertz CT molecular complexity index is 893. The highest BCUT2D eigenvalue weighted by Gasteiger charge is 2.28. The standard InChI is InChI=1S/C18H16FN3O2/c19-14-2-1-3-15(11-14)24-16-5-8-22(12-16)18(23)13-4-7-21-9-6-20-17(21)10-13/h1-4,6-7,9-11,16H,5,8,12H2. The van der Waals surface area contributed by atoms with Gasteiger partial charge in [0.25, 0.3) is 5.91 Å². The Labute approximate surface area is 138 Å². The molecule has 5 nitrogen and oxygen atoms in total. The third-order valence-corrected chi connectivity index (χ3v) is 4.18. The molecule has 2 aromatic heterocycles. The van der Waals surface area contributed by atoms with Gasteiger partial charge in [-0.05, 0) is 24.3 Å². The third-order valence-electron chi connectivity index (χ3n) is 4.18. The molecule has 0 N–H and O–H groups in total. The predicted octanol–water partition coefficient (Wildman–Crippen LogP) is 2.77. The maximum atomic E-state index is 13.2. The number of aromatic nitrogens is 2. The number of fused-ring (bicyclic) bond motifs is 1. The van der Waals surface area contributed by atoms with Crippen molar-refractivity contribution in [2.24, 2.45) is 0 Å². The topological polar surface area (TPSA) is 46.8 Å². The molecule has 0 bridgehead atoms. The van der Waals surface area contributed by atoms with Crippen molar-refractivity contribution in [2.75, 3.05) is 13.1 Å². The Kier molecular flexibility index (Phi) is 3.65. The van der Waals surface area contributed by atoms with Crippen molar-refractivity contribution in [3.8, 4) is 5.75 Å². The van der Waals surface area contributed by atoms with E-state index in [4.69, 9.17) is 4.74 Å². The maximum absolute atomic E-state index is 13.2. The first-order chi connectivity index (χ1) is 11.7. The smallest absolute Gasteiger partial charge is 0.254 e. The van der Waals surface area contributed by atoms with Crippen LogP contribution in [0.2, 0.25) is 0 Å². The van der Waals surface area contributed by atoms with Crippen molar-refractivity contribution < 1.29 is 13.9 Å². The monoisotopic (exact) mass is 325 g/mol. The highest BCUT2D eigenvalue weighted by atomic mass is 19.1. The molecule has 6 heteroatoms. The number of nitrogens with zero attached hydrogens (tertiary/aromatic N) is 3. The van der Waals surface area contributed by atoms with Crippen LogP contribution in [0.3, 0.4) is 0 Å². The predicted molar refractivity (Wildman–Crippen MR) is 86.5 cm³/mol. The number of pyridine rings is 1. The van der Waals surface area contributed by atoms with Crippen LogP contribution in [-0.4, -0.2) is 39.4 Å². The molecule has 0 radical (unpaired) electrons. The van der Waals surface area contributed by atoms with E-state index in [9.17, 15) is 9.18 Å². The van der Waals surface area contributed by atoms with Gasteiger partial charge in [-0.3, -0.25) is 4.79 Å². The Morgan fingerprint density at radius 1 is 1.25 bits per heavy atom. The summed E-state index contributed by atoms with van der Waals surface area (Å²) in [6.07, 6.45) is 5.97. The van der Waals surface area contributed by atoms with Gasteiger partial charge >= 0.3 is 0 Å². The van der Waals surface area contributed by atoms with Crippen molar-refractivity contribution in [1.82, 2.24) is 14.3 Å². The number of halogens is 1. The molecule has 1 unspecified atom stereocenters. The van der Waals surface area contributed by atoms with Gasteiger partial charge in [0.05, 0.1) is 6.54 Å². The van der Waals surface area contributed by atoms with Gasteiger partial charge in [-0.25, -0.2) is 9.37 Å². The van der Waals surface area contributed by atoms with Gasteiger partial charge in [-0.15, -0.1) is 0 Å². The minimum atomic E-state index is -0.327. The number of ether oxygens (including phenoxy) is 1. The van der Waals surface area contributed by atoms with E-state index >= 15 is 0 Å². The molecule has 1 amide bonds. The lowest BCUT2D eigenvalue weighted by atomic mass is 10.2.